The highest BCUT2D eigenvalue weighted by Gasteiger charge is 2.31. The molecule has 1 aliphatic heterocycles. The predicted molar refractivity (Wildman–Crippen MR) is 117 cm³/mol. The van der Waals surface area contributed by atoms with Crippen molar-refractivity contribution in [1.29, 1.82) is 0 Å². The third kappa shape index (κ3) is 4.34. The topological polar surface area (TPSA) is 66.9 Å². The zero-order chi connectivity index (χ0) is 22.0. The van der Waals surface area contributed by atoms with E-state index in [4.69, 9.17) is 4.74 Å². The maximum atomic E-state index is 14.0. The van der Waals surface area contributed by atoms with Gasteiger partial charge in [0, 0.05) is 36.6 Å². The first-order chi connectivity index (χ1) is 14.9. The maximum absolute atomic E-state index is 14.0. The van der Waals surface area contributed by atoms with Crippen molar-refractivity contribution in [3.8, 4) is 16.2 Å². The molecule has 9 heteroatoms. The van der Waals surface area contributed by atoms with Gasteiger partial charge in [-0.2, -0.15) is 4.31 Å². The lowest BCUT2D eigenvalue weighted by atomic mass is 10.2. The van der Waals surface area contributed by atoms with Crippen LogP contribution >= 0.6 is 11.3 Å². The van der Waals surface area contributed by atoms with Crippen LogP contribution in [0, 0.1) is 5.82 Å². The molecule has 0 spiro atoms. The van der Waals surface area contributed by atoms with Crippen LogP contribution in [-0.2, 0) is 10.0 Å². The summed E-state index contributed by atoms with van der Waals surface area (Å²) in [6, 6.07) is 16.1. The molecule has 162 valence electrons. The Morgan fingerprint density at radius 3 is 2.29 bits per heavy atom. The molecule has 0 aliphatic carbocycles. The molecular formula is C22H21FN2O4S2. The highest BCUT2D eigenvalue weighted by atomic mass is 32.2. The van der Waals surface area contributed by atoms with Gasteiger partial charge in [-0.05, 0) is 42.5 Å². The smallest absolute Gasteiger partial charge is 0.264 e. The van der Waals surface area contributed by atoms with Crippen molar-refractivity contribution in [2.75, 3.05) is 33.3 Å². The number of rotatable bonds is 5. The van der Waals surface area contributed by atoms with E-state index in [-0.39, 0.29) is 29.7 Å². The van der Waals surface area contributed by atoms with Crippen LogP contribution in [0.2, 0.25) is 0 Å². The molecule has 2 heterocycles. The molecule has 3 aromatic rings. The van der Waals surface area contributed by atoms with Gasteiger partial charge in [-0.1, -0.05) is 18.2 Å². The number of benzene rings is 2. The Balaban J connectivity index is 1.43. The van der Waals surface area contributed by atoms with E-state index in [1.54, 1.807) is 47.4 Å². The Hall–Kier alpha value is -2.75. The van der Waals surface area contributed by atoms with Crippen LogP contribution in [0.25, 0.3) is 10.4 Å². The largest absolute Gasteiger partial charge is 0.497 e. The molecule has 0 saturated carbocycles. The fraction of sp³-hybridized carbons (Fsp3) is 0.227. The highest BCUT2D eigenvalue weighted by Crippen LogP contribution is 2.31. The number of ether oxygens (including phenoxy) is 1. The zero-order valence-corrected chi connectivity index (χ0v) is 18.5. The van der Waals surface area contributed by atoms with Gasteiger partial charge >= 0.3 is 0 Å². The summed E-state index contributed by atoms with van der Waals surface area (Å²) in [5.74, 6) is 0.0786. The number of sulfonamides is 1. The van der Waals surface area contributed by atoms with Gasteiger partial charge in [0.05, 0.1) is 16.9 Å². The van der Waals surface area contributed by atoms with Crippen LogP contribution in [0.15, 0.2) is 65.6 Å². The molecule has 1 aliphatic rings. The third-order valence-corrected chi connectivity index (χ3v) is 8.20. The van der Waals surface area contributed by atoms with E-state index in [0.717, 1.165) is 0 Å². The Bertz CT molecular complexity index is 1180. The molecule has 1 fully saturated rings. The van der Waals surface area contributed by atoms with Gasteiger partial charge in [0.25, 0.3) is 5.91 Å². The third-order valence-electron chi connectivity index (χ3n) is 5.18. The molecule has 4 rings (SSSR count). The molecule has 0 atom stereocenters. The molecule has 0 N–H and O–H groups in total. The first-order valence-electron chi connectivity index (χ1n) is 9.68. The summed E-state index contributed by atoms with van der Waals surface area (Å²) in [7, 11) is -2.12. The Labute approximate surface area is 184 Å². The van der Waals surface area contributed by atoms with E-state index in [1.807, 2.05) is 0 Å². The van der Waals surface area contributed by atoms with Crippen molar-refractivity contribution in [3.05, 3.63) is 71.4 Å². The lowest BCUT2D eigenvalue weighted by Crippen LogP contribution is -2.50. The van der Waals surface area contributed by atoms with Gasteiger partial charge in [0.1, 0.15) is 11.6 Å². The molecule has 31 heavy (non-hydrogen) atoms. The Kier molecular flexibility index (Phi) is 6.08. The number of amides is 1. The lowest BCUT2D eigenvalue weighted by Gasteiger charge is -2.33. The lowest BCUT2D eigenvalue weighted by molar-refractivity contribution is 0.0703. The monoisotopic (exact) mass is 460 g/mol. The average molecular weight is 461 g/mol. The molecule has 1 amide bonds. The van der Waals surface area contributed by atoms with E-state index in [1.165, 1.54) is 41.0 Å². The van der Waals surface area contributed by atoms with Crippen molar-refractivity contribution in [1.82, 2.24) is 9.21 Å². The fourth-order valence-corrected chi connectivity index (χ4v) is 5.87. The summed E-state index contributed by atoms with van der Waals surface area (Å²) in [6.07, 6.45) is 0. The number of halogens is 1. The van der Waals surface area contributed by atoms with Crippen molar-refractivity contribution in [2.24, 2.45) is 0 Å². The Morgan fingerprint density at radius 1 is 0.968 bits per heavy atom. The number of hydrogen-bond acceptors (Lipinski definition) is 5. The molecule has 1 saturated heterocycles. The second-order valence-electron chi connectivity index (χ2n) is 7.02. The van der Waals surface area contributed by atoms with Crippen molar-refractivity contribution in [3.63, 3.8) is 0 Å². The summed E-state index contributed by atoms with van der Waals surface area (Å²) in [5, 5.41) is 0. The molecule has 1 aromatic heterocycles. The summed E-state index contributed by atoms with van der Waals surface area (Å²) < 4.78 is 46.2. The van der Waals surface area contributed by atoms with E-state index in [9.17, 15) is 17.6 Å². The normalized spacial score (nSPS) is 15.1. The van der Waals surface area contributed by atoms with Crippen LogP contribution in [-0.4, -0.2) is 56.8 Å². The number of methoxy groups -OCH3 is 1. The van der Waals surface area contributed by atoms with Crippen LogP contribution in [0.1, 0.15) is 9.67 Å². The van der Waals surface area contributed by atoms with E-state index in [2.05, 4.69) is 0 Å². The minimum atomic E-state index is -3.64. The average Bonchev–Trinajstić information content (AvgIpc) is 3.29. The minimum absolute atomic E-state index is 0.172. The number of hydrogen-bond donors (Lipinski definition) is 0. The predicted octanol–water partition coefficient (Wildman–Crippen LogP) is 3.71. The van der Waals surface area contributed by atoms with Crippen molar-refractivity contribution in [2.45, 2.75) is 4.90 Å². The Morgan fingerprint density at radius 2 is 1.65 bits per heavy atom. The minimum Gasteiger partial charge on any atom is -0.497 e. The summed E-state index contributed by atoms with van der Waals surface area (Å²) in [6.45, 7) is 1.01. The van der Waals surface area contributed by atoms with Gasteiger partial charge in [0.15, 0.2) is 0 Å². The number of thiophene rings is 1. The van der Waals surface area contributed by atoms with Crippen LogP contribution < -0.4 is 4.74 Å². The first kappa shape index (κ1) is 21.5. The van der Waals surface area contributed by atoms with Crippen LogP contribution in [0.4, 0.5) is 4.39 Å². The second kappa shape index (κ2) is 8.78. The first-order valence-corrected chi connectivity index (χ1v) is 11.9. The zero-order valence-electron chi connectivity index (χ0n) is 16.8. The maximum Gasteiger partial charge on any atom is 0.264 e. The molecule has 0 unspecified atom stereocenters. The SMILES string of the molecule is COc1ccc(S(=O)(=O)N2CCN(C(=O)c3ccc(-c4ccccc4F)s3)CC2)cc1. The standard InChI is InChI=1S/C22H21FN2O4S2/c1-29-16-6-8-17(9-7-16)31(27,28)25-14-12-24(13-15-25)22(26)21-11-10-20(30-21)18-4-2-3-5-19(18)23/h2-11H,12-15H2,1H3. The van der Waals surface area contributed by atoms with Crippen molar-refractivity contribution < 1.29 is 22.3 Å². The second-order valence-corrected chi connectivity index (χ2v) is 10.0. The van der Waals surface area contributed by atoms with Gasteiger partial charge < -0.3 is 9.64 Å². The number of carbonyl (C=O) groups is 1. The van der Waals surface area contributed by atoms with Crippen LogP contribution in [0.3, 0.4) is 0 Å². The molecule has 2 aromatic carbocycles. The van der Waals surface area contributed by atoms with E-state index < -0.39 is 10.0 Å². The number of carbonyl (C=O) groups excluding carboxylic acids is 1. The highest BCUT2D eigenvalue weighted by molar-refractivity contribution is 7.89. The summed E-state index contributed by atoms with van der Waals surface area (Å²) in [4.78, 5) is 15.9. The summed E-state index contributed by atoms with van der Waals surface area (Å²) in [5.41, 5.74) is 0.460. The quantitative estimate of drug-likeness (QED) is 0.582. The molecule has 0 bridgehead atoms. The molecular weight excluding hydrogens is 439 g/mol. The van der Waals surface area contributed by atoms with Gasteiger partial charge in [0.2, 0.25) is 10.0 Å². The van der Waals surface area contributed by atoms with Gasteiger partial charge in [-0.25, -0.2) is 12.8 Å². The van der Waals surface area contributed by atoms with Gasteiger partial charge in [-0.15, -0.1) is 11.3 Å². The fourth-order valence-electron chi connectivity index (χ4n) is 3.44. The van der Waals surface area contributed by atoms with Crippen molar-refractivity contribution >= 4 is 27.3 Å². The molecule has 0 radical (unpaired) electrons. The number of nitrogens with zero attached hydrogens (tertiary/aromatic N) is 2. The van der Waals surface area contributed by atoms with E-state index in [0.29, 0.717) is 34.2 Å². The number of piperazine rings is 1. The van der Waals surface area contributed by atoms with E-state index >= 15 is 0 Å². The summed E-state index contributed by atoms with van der Waals surface area (Å²) >= 11 is 1.23. The van der Waals surface area contributed by atoms with Gasteiger partial charge in [-0.3, -0.25) is 4.79 Å². The van der Waals surface area contributed by atoms with Crippen LogP contribution in [0.5, 0.6) is 5.75 Å². The molecule has 6 nitrogen and oxygen atoms in total.